The van der Waals surface area contributed by atoms with Gasteiger partial charge in [0, 0.05) is 11.6 Å². The van der Waals surface area contributed by atoms with Crippen LogP contribution in [0.2, 0.25) is 0 Å². The van der Waals surface area contributed by atoms with Crippen LogP contribution in [0.15, 0.2) is 40.8 Å². The topological polar surface area (TPSA) is 25.2 Å². The molecule has 108 valence electrons. The molecule has 0 fully saturated rings. The molecule has 1 N–H and O–H groups in total. The van der Waals surface area contributed by atoms with Crippen LogP contribution in [0.5, 0.6) is 0 Å². The molecule has 0 unspecified atom stereocenters. The average molecular weight is 283 g/mol. The molecule has 0 atom stereocenters. The first-order chi connectivity index (χ1) is 9.36. The summed E-state index contributed by atoms with van der Waals surface area (Å²) in [7, 11) is 0. The normalized spacial score (nSPS) is 12.1. The van der Waals surface area contributed by atoms with Crippen LogP contribution < -0.4 is 5.32 Å². The van der Waals surface area contributed by atoms with Crippen molar-refractivity contribution in [2.75, 3.05) is 0 Å². The minimum Gasteiger partial charge on any atom is -0.460 e. The first kappa shape index (κ1) is 14.7. The highest BCUT2D eigenvalue weighted by Crippen LogP contribution is 2.31. The molecule has 2 nitrogen and oxygen atoms in total. The molecule has 2 aromatic rings. The van der Waals surface area contributed by atoms with Crippen LogP contribution in [0.4, 0.5) is 13.2 Å². The van der Waals surface area contributed by atoms with Crippen LogP contribution in [0, 0.1) is 0 Å². The molecule has 0 spiro atoms. The Labute approximate surface area is 115 Å². The molecule has 0 radical (unpaired) electrons. The Morgan fingerprint density at radius 2 is 1.70 bits per heavy atom. The smallest absolute Gasteiger partial charge is 0.416 e. The Hall–Kier alpha value is -1.75. The van der Waals surface area contributed by atoms with Crippen molar-refractivity contribution in [2.45, 2.75) is 32.6 Å². The van der Waals surface area contributed by atoms with Crippen molar-refractivity contribution in [1.29, 1.82) is 0 Å². The molecule has 0 bridgehead atoms. The molecular weight excluding hydrogens is 267 g/mol. The van der Waals surface area contributed by atoms with Gasteiger partial charge in [0.05, 0.1) is 12.1 Å². The summed E-state index contributed by atoms with van der Waals surface area (Å²) in [5.74, 6) is 1.33. The third-order valence-corrected chi connectivity index (χ3v) is 2.84. The van der Waals surface area contributed by atoms with E-state index in [-0.39, 0.29) is 0 Å². The molecule has 1 aromatic carbocycles. The lowest BCUT2D eigenvalue weighted by Crippen LogP contribution is -2.21. The van der Waals surface area contributed by atoms with E-state index in [1.165, 1.54) is 12.1 Å². The number of halogens is 3. The predicted octanol–water partition coefficient (Wildman–Crippen LogP) is 4.46. The van der Waals surface area contributed by atoms with Gasteiger partial charge < -0.3 is 9.73 Å². The first-order valence-electron chi connectivity index (χ1n) is 6.36. The second-order valence-corrected chi connectivity index (χ2v) is 4.88. The lowest BCUT2D eigenvalue weighted by molar-refractivity contribution is -0.137. The highest BCUT2D eigenvalue weighted by Gasteiger charge is 2.30. The van der Waals surface area contributed by atoms with E-state index in [4.69, 9.17) is 4.42 Å². The van der Waals surface area contributed by atoms with Crippen LogP contribution in [0.3, 0.4) is 0 Å². The van der Waals surface area contributed by atoms with Gasteiger partial charge in [-0.05, 0) is 24.3 Å². The molecule has 0 amide bonds. The van der Waals surface area contributed by atoms with Crippen molar-refractivity contribution in [3.8, 4) is 11.3 Å². The third-order valence-electron chi connectivity index (χ3n) is 2.84. The highest BCUT2D eigenvalue weighted by atomic mass is 19.4. The number of furan rings is 1. The number of benzene rings is 1. The summed E-state index contributed by atoms with van der Waals surface area (Å²) < 4.78 is 43.0. The van der Waals surface area contributed by atoms with E-state index in [0.29, 0.717) is 23.9 Å². The maximum atomic E-state index is 12.5. The fourth-order valence-corrected chi connectivity index (χ4v) is 1.76. The molecule has 2 rings (SSSR count). The van der Waals surface area contributed by atoms with Crippen LogP contribution in [0.25, 0.3) is 11.3 Å². The quantitative estimate of drug-likeness (QED) is 0.896. The SMILES string of the molecule is CC(C)NCc1ccc(-c2ccc(C(F)(F)F)cc2)o1. The number of hydrogen-bond donors (Lipinski definition) is 1. The lowest BCUT2D eigenvalue weighted by Gasteiger charge is -2.07. The number of nitrogens with one attached hydrogen (secondary N) is 1. The van der Waals surface area contributed by atoms with Gasteiger partial charge in [0.25, 0.3) is 0 Å². The molecule has 0 saturated carbocycles. The maximum Gasteiger partial charge on any atom is 0.416 e. The number of hydrogen-bond acceptors (Lipinski definition) is 2. The van der Waals surface area contributed by atoms with Gasteiger partial charge in [0.15, 0.2) is 0 Å². The Bertz CT molecular complexity index is 555. The number of rotatable bonds is 4. The molecule has 20 heavy (non-hydrogen) atoms. The van der Waals surface area contributed by atoms with Crippen LogP contribution in [0.1, 0.15) is 25.2 Å². The van der Waals surface area contributed by atoms with Gasteiger partial charge >= 0.3 is 6.18 Å². The second kappa shape index (κ2) is 5.71. The summed E-state index contributed by atoms with van der Waals surface area (Å²) in [6.07, 6.45) is -4.31. The monoisotopic (exact) mass is 283 g/mol. The molecule has 1 aromatic heterocycles. The molecule has 0 aliphatic rings. The van der Waals surface area contributed by atoms with Crippen LogP contribution in [-0.2, 0) is 12.7 Å². The van der Waals surface area contributed by atoms with Crippen molar-refractivity contribution < 1.29 is 17.6 Å². The molecule has 0 aliphatic carbocycles. The van der Waals surface area contributed by atoms with Gasteiger partial charge in [-0.3, -0.25) is 0 Å². The lowest BCUT2D eigenvalue weighted by atomic mass is 10.1. The van der Waals surface area contributed by atoms with E-state index >= 15 is 0 Å². The molecule has 1 heterocycles. The van der Waals surface area contributed by atoms with Gasteiger partial charge in [0.2, 0.25) is 0 Å². The molecule has 0 saturated heterocycles. The minimum absolute atomic E-state index is 0.342. The summed E-state index contributed by atoms with van der Waals surface area (Å²) in [6.45, 7) is 4.65. The fourth-order valence-electron chi connectivity index (χ4n) is 1.76. The maximum absolute atomic E-state index is 12.5. The Morgan fingerprint density at radius 1 is 1.05 bits per heavy atom. The van der Waals surface area contributed by atoms with Crippen molar-refractivity contribution in [3.63, 3.8) is 0 Å². The Kier molecular flexibility index (Phi) is 4.18. The van der Waals surface area contributed by atoms with Crippen LogP contribution in [-0.4, -0.2) is 6.04 Å². The van der Waals surface area contributed by atoms with Crippen molar-refractivity contribution in [3.05, 3.63) is 47.7 Å². The summed E-state index contributed by atoms with van der Waals surface area (Å²) in [4.78, 5) is 0. The average Bonchev–Trinajstić information content (AvgIpc) is 2.84. The van der Waals surface area contributed by atoms with E-state index in [0.717, 1.165) is 17.9 Å². The Balaban J connectivity index is 2.12. The van der Waals surface area contributed by atoms with Crippen molar-refractivity contribution >= 4 is 0 Å². The molecule has 0 aliphatic heterocycles. The van der Waals surface area contributed by atoms with Gasteiger partial charge in [-0.15, -0.1) is 0 Å². The zero-order chi connectivity index (χ0) is 14.8. The van der Waals surface area contributed by atoms with Crippen molar-refractivity contribution in [1.82, 2.24) is 5.32 Å². The van der Waals surface area contributed by atoms with E-state index < -0.39 is 11.7 Å². The van der Waals surface area contributed by atoms with Gasteiger partial charge in [-0.25, -0.2) is 0 Å². The van der Waals surface area contributed by atoms with E-state index in [1.54, 1.807) is 6.07 Å². The standard InChI is InChI=1S/C15H16F3NO/c1-10(2)19-9-13-7-8-14(20-13)11-3-5-12(6-4-11)15(16,17)18/h3-8,10,19H,9H2,1-2H3. The van der Waals surface area contributed by atoms with E-state index in [9.17, 15) is 13.2 Å². The summed E-state index contributed by atoms with van der Waals surface area (Å²) >= 11 is 0. The minimum atomic E-state index is -4.31. The number of alkyl halides is 3. The van der Waals surface area contributed by atoms with Gasteiger partial charge in [-0.1, -0.05) is 26.0 Å². The van der Waals surface area contributed by atoms with Crippen LogP contribution >= 0.6 is 0 Å². The summed E-state index contributed by atoms with van der Waals surface area (Å²) in [5, 5.41) is 3.21. The largest absolute Gasteiger partial charge is 0.460 e. The second-order valence-electron chi connectivity index (χ2n) is 4.88. The predicted molar refractivity (Wildman–Crippen MR) is 71.1 cm³/mol. The fraction of sp³-hybridized carbons (Fsp3) is 0.333. The third kappa shape index (κ3) is 3.63. The summed E-state index contributed by atoms with van der Waals surface area (Å²) in [5.41, 5.74) is -0.0247. The highest BCUT2D eigenvalue weighted by molar-refractivity contribution is 5.58. The Morgan fingerprint density at radius 3 is 2.25 bits per heavy atom. The van der Waals surface area contributed by atoms with Gasteiger partial charge in [0.1, 0.15) is 11.5 Å². The summed E-state index contributed by atoms with van der Waals surface area (Å²) in [6, 6.07) is 8.88. The molecule has 5 heteroatoms. The zero-order valence-electron chi connectivity index (χ0n) is 11.3. The zero-order valence-corrected chi connectivity index (χ0v) is 11.3. The van der Waals surface area contributed by atoms with E-state index in [2.05, 4.69) is 5.32 Å². The molecular formula is C15H16F3NO. The van der Waals surface area contributed by atoms with Gasteiger partial charge in [-0.2, -0.15) is 13.2 Å². The first-order valence-corrected chi connectivity index (χ1v) is 6.36. The van der Waals surface area contributed by atoms with E-state index in [1.807, 2.05) is 19.9 Å². The van der Waals surface area contributed by atoms with Crippen molar-refractivity contribution in [2.24, 2.45) is 0 Å².